The summed E-state index contributed by atoms with van der Waals surface area (Å²) >= 11 is 1.87. The molecule has 80 valence electrons. The summed E-state index contributed by atoms with van der Waals surface area (Å²) in [5, 5.41) is 9.00. The molecule has 0 saturated carbocycles. The maximum absolute atomic E-state index is 9.00. The van der Waals surface area contributed by atoms with Gasteiger partial charge in [-0.3, -0.25) is 4.90 Å². The second-order valence-electron chi connectivity index (χ2n) is 3.67. The van der Waals surface area contributed by atoms with E-state index >= 15 is 0 Å². The Balaban J connectivity index is 2.51. The Morgan fingerprint density at radius 2 is 2.07 bits per heavy atom. The maximum Gasteiger partial charge on any atom is 0.0584 e. The largest absolute Gasteiger partial charge is 0.395 e. The monoisotopic (exact) mass is 213 g/mol. The van der Waals surface area contributed by atoms with Gasteiger partial charge in [0.25, 0.3) is 0 Å². The third-order valence-corrected chi connectivity index (χ3v) is 3.70. The van der Waals surface area contributed by atoms with E-state index in [4.69, 9.17) is 5.11 Å². The molecule has 0 aliphatic heterocycles. The van der Waals surface area contributed by atoms with E-state index in [9.17, 15) is 0 Å². The van der Waals surface area contributed by atoms with E-state index < -0.39 is 0 Å². The molecular weight excluding hydrogens is 194 g/mol. The minimum atomic E-state index is 0.225. The summed E-state index contributed by atoms with van der Waals surface area (Å²) in [5.41, 5.74) is 0. The van der Waals surface area contributed by atoms with Crippen molar-refractivity contribution in [3.05, 3.63) is 21.9 Å². The van der Waals surface area contributed by atoms with Crippen molar-refractivity contribution in [3.63, 3.8) is 0 Å². The highest BCUT2D eigenvalue weighted by Crippen LogP contribution is 2.18. The van der Waals surface area contributed by atoms with E-state index in [2.05, 4.69) is 24.0 Å². The van der Waals surface area contributed by atoms with Crippen LogP contribution in [0.25, 0.3) is 0 Å². The lowest BCUT2D eigenvalue weighted by atomic mass is 10.3. The molecule has 2 nitrogen and oxygen atoms in total. The maximum atomic E-state index is 9.00. The highest BCUT2D eigenvalue weighted by atomic mass is 32.1. The summed E-state index contributed by atoms with van der Waals surface area (Å²) < 4.78 is 0. The number of nitrogens with zero attached hydrogens (tertiary/aromatic N) is 1. The van der Waals surface area contributed by atoms with Crippen molar-refractivity contribution >= 4 is 11.3 Å². The molecule has 1 aromatic rings. The van der Waals surface area contributed by atoms with Gasteiger partial charge in [-0.2, -0.15) is 0 Å². The molecule has 0 bridgehead atoms. The van der Waals surface area contributed by atoms with Crippen molar-refractivity contribution in [3.8, 4) is 0 Å². The lowest BCUT2D eigenvalue weighted by Gasteiger charge is -2.21. The minimum absolute atomic E-state index is 0.225. The lowest BCUT2D eigenvalue weighted by molar-refractivity contribution is 0.155. The van der Waals surface area contributed by atoms with Crippen LogP contribution in [0.4, 0.5) is 0 Å². The van der Waals surface area contributed by atoms with Crippen LogP contribution in [0, 0.1) is 0 Å². The predicted molar refractivity (Wildman–Crippen MR) is 61.7 cm³/mol. The molecule has 14 heavy (non-hydrogen) atoms. The standard InChI is InChI=1S/C11H19NOS/c1-4-10-5-6-11(14-10)7-12(3)9(2)8-13/h5-6,9,13H,4,7-8H2,1-3H3. The zero-order chi connectivity index (χ0) is 10.6. The Morgan fingerprint density at radius 3 is 2.57 bits per heavy atom. The minimum Gasteiger partial charge on any atom is -0.395 e. The highest BCUT2D eigenvalue weighted by Gasteiger charge is 2.09. The molecule has 0 aromatic carbocycles. The fourth-order valence-corrected chi connectivity index (χ4v) is 2.26. The third-order valence-electron chi connectivity index (χ3n) is 2.49. The van der Waals surface area contributed by atoms with Crippen LogP contribution < -0.4 is 0 Å². The number of rotatable bonds is 5. The first-order valence-electron chi connectivity index (χ1n) is 5.06. The van der Waals surface area contributed by atoms with Gasteiger partial charge < -0.3 is 5.11 Å². The van der Waals surface area contributed by atoms with Gasteiger partial charge in [0.2, 0.25) is 0 Å². The second kappa shape index (κ2) is 5.49. The molecule has 0 fully saturated rings. The first kappa shape index (κ1) is 11.7. The Morgan fingerprint density at radius 1 is 1.43 bits per heavy atom. The normalized spacial score (nSPS) is 13.5. The van der Waals surface area contributed by atoms with Crippen LogP contribution in [-0.4, -0.2) is 29.7 Å². The molecule has 1 N–H and O–H groups in total. The van der Waals surface area contributed by atoms with Crippen LogP contribution in [0.2, 0.25) is 0 Å². The van der Waals surface area contributed by atoms with Gasteiger partial charge >= 0.3 is 0 Å². The summed E-state index contributed by atoms with van der Waals surface area (Å²) in [7, 11) is 2.05. The molecule has 1 atom stereocenters. The van der Waals surface area contributed by atoms with Crippen molar-refractivity contribution in [1.82, 2.24) is 4.90 Å². The first-order valence-corrected chi connectivity index (χ1v) is 5.87. The van der Waals surface area contributed by atoms with Crippen molar-refractivity contribution in [2.45, 2.75) is 32.9 Å². The number of aryl methyl sites for hydroxylation is 1. The number of aliphatic hydroxyl groups excluding tert-OH is 1. The number of thiophene rings is 1. The Hall–Kier alpha value is -0.380. The number of hydrogen-bond donors (Lipinski definition) is 1. The molecule has 1 rings (SSSR count). The van der Waals surface area contributed by atoms with Crippen LogP contribution in [0.5, 0.6) is 0 Å². The van der Waals surface area contributed by atoms with E-state index in [1.165, 1.54) is 9.75 Å². The van der Waals surface area contributed by atoms with Gasteiger partial charge in [-0.1, -0.05) is 6.92 Å². The number of likely N-dealkylation sites (N-methyl/N-ethyl adjacent to an activating group) is 1. The van der Waals surface area contributed by atoms with Gasteiger partial charge in [0.05, 0.1) is 6.61 Å². The van der Waals surface area contributed by atoms with Crippen LogP contribution in [-0.2, 0) is 13.0 Å². The Kier molecular flexibility index (Phi) is 4.58. The summed E-state index contributed by atoms with van der Waals surface area (Å²) in [6, 6.07) is 4.61. The van der Waals surface area contributed by atoms with Gasteiger partial charge in [-0.25, -0.2) is 0 Å². The summed E-state index contributed by atoms with van der Waals surface area (Å²) in [6.07, 6.45) is 1.12. The quantitative estimate of drug-likeness (QED) is 0.810. The van der Waals surface area contributed by atoms with Crippen molar-refractivity contribution in [2.24, 2.45) is 0 Å². The van der Waals surface area contributed by atoms with E-state index in [1.54, 1.807) is 0 Å². The van der Waals surface area contributed by atoms with E-state index in [1.807, 2.05) is 25.3 Å². The van der Waals surface area contributed by atoms with Crippen molar-refractivity contribution < 1.29 is 5.11 Å². The van der Waals surface area contributed by atoms with Gasteiger partial charge in [-0.05, 0) is 32.5 Å². The lowest BCUT2D eigenvalue weighted by Crippen LogP contribution is -2.31. The Bertz CT molecular complexity index is 272. The molecule has 1 aromatic heterocycles. The zero-order valence-electron chi connectivity index (χ0n) is 9.16. The molecule has 0 aliphatic carbocycles. The summed E-state index contributed by atoms with van der Waals surface area (Å²) in [6.45, 7) is 5.37. The smallest absolute Gasteiger partial charge is 0.0584 e. The third kappa shape index (κ3) is 3.08. The van der Waals surface area contributed by atoms with Gasteiger partial charge in [0.1, 0.15) is 0 Å². The average Bonchev–Trinajstić information content (AvgIpc) is 2.64. The fourth-order valence-electron chi connectivity index (χ4n) is 1.24. The molecule has 0 saturated heterocycles. The predicted octanol–water partition coefficient (Wildman–Crippen LogP) is 2.12. The first-order chi connectivity index (χ1) is 6.67. The average molecular weight is 213 g/mol. The van der Waals surface area contributed by atoms with E-state index in [0.717, 1.165) is 13.0 Å². The van der Waals surface area contributed by atoms with E-state index in [-0.39, 0.29) is 12.6 Å². The van der Waals surface area contributed by atoms with Gasteiger partial charge in [0.15, 0.2) is 0 Å². The van der Waals surface area contributed by atoms with Crippen LogP contribution >= 0.6 is 11.3 Å². The zero-order valence-corrected chi connectivity index (χ0v) is 9.97. The summed E-state index contributed by atoms with van der Waals surface area (Å²) in [4.78, 5) is 4.99. The summed E-state index contributed by atoms with van der Waals surface area (Å²) in [5.74, 6) is 0. The van der Waals surface area contributed by atoms with Crippen LogP contribution in [0.15, 0.2) is 12.1 Å². The van der Waals surface area contributed by atoms with Crippen molar-refractivity contribution in [2.75, 3.05) is 13.7 Å². The number of hydrogen-bond acceptors (Lipinski definition) is 3. The molecule has 0 spiro atoms. The fraction of sp³-hybridized carbons (Fsp3) is 0.636. The van der Waals surface area contributed by atoms with E-state index in [0.29, 0.717) is 0 Å². The molecule has 1 heterocycles. The molecule has 0 aliphatic rings. The molecule has 0 amide bonds. The molecular formula is C11H19NOS. The molecule has 3 heteroatoms. The Labute approximate surface area is 90.2 Å². The molecule has 1 unspecified atom stereocenters. The highest BCUT2D eigenvalue weighted by molar-refractivity contribution is 7.11. The SMILES string of the molecule is CCc1ccc(CN(C)C(C)CO)s1. The van der Waals surface area contributed by atoms with Gasteiger partial charge in [0, 0.05) is 22.3 Å². The second-order valence-corrected chi connectivity index (χ2v) is 4.92. The van der Waals surface area contributed by atoms with Crippen LogP contribution in [0.1, 0.15) is 23.6 Å². The van der Waals surface area contributed by atoms with Gasteiger partial charge in [-0.15, -0.1) is 11.3 Å². The molecule has 0 radical (unpaired) electrons. The topological polar surface area (TPSA) is 23.5 Å². The number of aliphatic hydroxyl groups is 1. The van der Waals surface area contributed by atoms with Crippen molar-refractivity contribution in [1.29, 1.82) is 0 Å². The van der Waals surface area contributed by atoms with Crippen LogP contribution in [0.3, 0.4) is 0 Å².